The van der Waals surface area contributed by atoms with Crippen LogP contribution in [-0.2, 0) is 0 Å². The first kappa shape index (κ1) is 14.4. The first-order valence-electron chi connectivity index (χ1n) is 6.69. The highest BCUT2D eigenvalue weighted by atomic mass is 16.3. The Hall–Kier alpha value is -3.55. The maximum atomic E-state index is 11.6. The Morgan fingerprint density at radius 2 is 1.65 bits per heavy atom. The van der Waals surface area contributed by atoms with Crippen LogP contribution in [0.2, 0.25) is 0 Å². The summed E-state index contributed by atoms with van der Waals surface area (Å²) in [6.07, 6.45) is 0. The fourth-order valence-corrected chi connectivity index (χ4v) is 1.89. The Labute approximate surface area is 130 Å². The molecule has 1 aromatic heterocycles. The highest BCUT2D eigenvalue weighted by molar-refractivity contribution is 5.58. The smallest absolute Gasteiger partial charge is 0.351 e. The molecule has 0 saturated carbocycles. The molecule has 0 radical (unpaired) electrons. The van der Waals surface area contributed by atoms with E-state index in [0.29, 0.717) is 11.4 Å². The summed E-state index contributed by atoms with van der Waals surface area (Å²) in [7, 11) is 0. The number of benzene rings is 2. The Morgan fingerprint density at radius 1 is 0.870 bits per heavy atom. The lowest BCUT2D eigenvalue weighted by Crippen LogP contribution is -2.16. The zero-order valence-corrected chi connectivity index (χ0v) is 11.8. The number of hydrogen-bond donors (Lipinski definition) is 5. The van der Waals surface area contributed by atoms with Crippen LogP contribution in [0.4, 0.5) is 23.3 Å². The summed E-state index contributed by atoms with van der Waals surface area (Å²) < 4.78 is 0. The molecule has 0 amide bonds. The lowest BCUT2D eigenvalue weighted by molar-refractivity contribution is 0.475. The highest BCUT2D eigenvalue weighted by Crippen LogP contribution is 2.19. The van der Waals surface area contributed by atoms with E-state index in [0.717, 1.165) is 0 Å². The second-order valence-corrected chi connectivity index (χ2v) is 4.67. The van der Waals surface area contributed by atoms with Gasteiger partial charge in [-0.05, 0) is 36.4 Å². The molecule has 0 bridgehead atoms. The van der Waals surface area contributed by atoms with E-state index in [4.69, 9.17) is 0 Å². The molecule has 1 heterocycles. The van der Waals surface area contributed by atoms with Crippen molar-refractivity contribution in [2.45, 2.75) is 0 Å². The molecule has 0 aliphatic heterocycles. The Kier molecular flexibility index (Phi) is 3.79. The van der Waals surface area contributed by atoms with Gasteiger partial charge in [0.2, 0.25) is 11.9 Å². The van der Waals surface area contributed by atoms with E-state index < -0.39 is 5.69 Å². The van der Waals surface area contributed by atoms with Crippen molar-refractivity contribution in [1.29, 1.82) is 0 Å². The molecule has 5 N–H and O–H groups in total. The van der Waals surface area contributed by atoms with Crippen LogP contribution in [0.5, 0.6) is 11.5 Å². The third-order valence-electron chi connectivity index (χ3n) is 2.88. The highest BCUT2D eigenvalue weighted by Gasteiger charge is 2.04. The van der Waals surface area contributed by atoms with Gasteiger partial charge in [-0.1, -0.05) is 6.07 Å². The second-order valence-electron chi connectivity index (χ2n) is 4.67. The van der Waals surface area contributed by atoms with Crippen LogP contribution in [0.15, 0.2) is 53.3 Å². The lowest BCUT2D eigenvalue weighted by Gasteiger charge is -2.08. The number of nitrogens with one attached hydrogen (secondary N) is 3. The fourth-order valence-electron chi connectivity index (χ4n) is 1.89. The molecule has 0 aliphatic rings. The van der Waals surface area contributed by atoms with Crippen molar-refractivity contribution < 1.29 is 10.2 Å². The molecule has 0 unspecified atom stereocenters. The van der Waals surface area contributed by atoms with Crippen LogP contribution >= 0.6 is 0 Å². The number of aromatic nitrogens is 3. The number of rotatable bonds is 4. The van der Waals surface area contributed by atoms with Gasteiger partial charge in [0.1, 0.15) is 11.5 Å². The topological polar surface area (TPSA) is 123 Å². The first-order chi connectivity index (χ1) is 11.1. The Morgan fingerprint density at radius 3 is 2.39 bits per heavy atom. The maximum Gasteiger partial charge on any atom is 0.351 e. The third-order valence-corrected chi connectivity index (χ3v) is 2.88. The van der Waals surface area contributed by atoms with Crippen molar-refractivity contribution in [1.82, 2.24) is 15.0 Å². The van der Waals surface area contributed by atoms with E-state index in [2.05, 4.69) is 25.6 Å². The molecular formula is C15H13N5O3. The molecule has 3 aromatic rings. The predicted octanol–water partition coefficient (Wildman–Crippen LogP) is 2.06. The zero-order valence-electron chi connectivity index (χ0n) is 11.8. The molecule has 0 spiro atoms. The molecular weight excluding hydrogens is 298 g/mol. The summed E-state index contributed by atoms with van der Waals surface area (Å²) >= 11 is 0. The summed E-state index contributed by atoms with van der Waals surface area (Å²) in [5.74, 6) is 0.501. The fraction of sp³-hybridized carbons (Fsp3) is 0. The Bertz CT molecular complexity index is 877. The van der Waals surface area contributed by atoms with Gasteiger partial charge in [-0.25, -0.2) is 4.79 Å². The van der Waals surface area contributed by atoms with Crippen molar-refractivity contribution in [3.63, 3.8) is 0 Å². The van der Waals surface area contributed by atoms with Gasteiger partial charge in [-0.3, -0.25) is 4.98 Å². The van der Waals surface area contributed by atoms with E-state index in [1.807, 2.05) is 0 Å². The van der Waals surface area contributed by atoms with Crippen molar-refractivity contribution in [3.05, 3.63) is 59.0 Å². The molecule has 8 heteroatoms. The predicted molar refractivity (Wildman–Crippen MR) is 85.4 cm³/mol. The van der Waals surface area contributed by atoms with Gasteiger partial charge in [0.15, 0.2) is 0 Å². The van der Waals surface area contributed by atoms with Crippen molar-refractivity contribution in [2.24, 2.45) is 0 Å². The lowest BCUT2D eigenvalue weighted by atomic mass is 10.3. The van der Waals surface area contributed by atoms with E-state index >= 15 is 0 Å². The van der Waals surface area contributed by atoms with E-state index in [-0.39, 0.29) is 23.4 Å². The van der Waals surface area contributed by atoms with Gasteiger partial charge in [0.05, 0.1) is 0 Å². The van der Waals surface area contributed by atoms with Gasteiger partial charge < -0.3 is 20.8 Å². The number of phenolic OH excluding ortho intramolecular Hbond substituents is 2. The minimum absolute atomic E-state index is 0.0915. The molecule has 0 saturated heterocycles. The number of nitrogens with zero attached hydrogens (tertiary/aromatic N) is 2. The summed E-state index contributed by atoms with van der Waals surface area (Å²) in [6, 6.07) is 12.7. The summed E-state index contributed by atoms with van der Waals surface area (Å²) in [5.41, 5.74) is 0.607. The molecule has 3 rings (SSSR count). The monoisotopic (exact) mass is 311 g/mol. The molecule has 8 nitrogen and oxygen atoms in total. The van der Waals surface area contributed by atoms with Crippen LogP contribution < -0.4 is 16.3 Å². The Balaban J connectivity index is 1.84. The molecule has 0 fully saturated rings. The summed E-state index contributed by atoms with van der Waals surface area (Å²) in [4.78, 5) is 22.0. The summed E-state index contributed by atoms with van der Waals surface area (Å²) in [5, 5.41) is 24.4. The number of aromatic amines is 1. The number of aromatic hydroxyl groups is 2. The second kappa shape index (κ2) is 6.06. The standard InChI is InChI=1S/C15H13N5O3/c21-11-6-4-9(5-7-11)16-13-18-14(20-15(23)19-13)17-10-2-1-3-12(22)8-10/h1-8,21-22H,(H3,16,17,18,19,20,23). The SMILES string of the molecule is O=c1nc(Nc2ccc(O)cc2)nc(Nc2cccc(O)c2)[nH]1. The van der Waals surface area contributed by atoms with Gasteiger partial charge in [0, 0.05) is 17.4 Å². The summed E-state index contributed by atoms with van der Waals surface area (Å²) in [6.45, 7) is 0. The van der Waals surface area contributed by atoms with Crippen LogP contribution in [0.25, 0.3) is 0 Å². The molecule has 0 atom stereocenters. The van der Waals surface area contributed by atoms with E-state index in [9.17, 15) is 15.0 Å². The minimum Gasteiger partial charge on any atom is -0.508 e. The third kappa shape index (κ3) is 3.76. The largest absolute Gasteiger partial charge is 0.508 e. The first-order valence-corrected chi connectivity index (χ1v) is 6.69. The van der Waals surface area contributed by atoms with Gasteiger partial charge in [-0.2, -0.15) is 9.97 Å². The molecule has 0 aliphatic carbocycles. The average Bonchev–Trinajstić information content (AvgIpc) is 2.49. The molecule has 116 valence electrons. The normalized spacial score (nSPS) is 10.3. The zero-order chi connectivity index (χ0) is 16.2. The number of phenols is 2. The van der Waals surface area contributed by atoms with Gasteiger partial charge in [0.25, 0.3) is 0 Å². The quantitative estimate of drug-likeness (QED) is 0.467. The van der Waals surface area contributed by atoms with Crippen LogP contribution in [0.1, 0.15) is 0 Å². The minimum atomic E-state index is -0.580. The van der Waals surface area contributed by atoms with E-state index in [1.165, 1.54) is 24.3 Å². The van der Waals surface area contributed by atoms with Gasteiger partial charge in [-0.15, -0.1) is 0 Å². The van der Waals surface area contributed by atoms with E-state index in [1.54, 1.807) is 24.3 Å². The number of hydrogen-bond acceptors (Lipinski definition) is 7. The number of anilines is 4. The maximum absolute atomic E-state index is 11.6. The average molecular weight is 311 g/mol. The van der Waals surface area contributed by atoms with Crippen LogP contribution in [-0.4, -0.2) is 25.2 Å². The molecule has 23 heavy (non-hydrogen) atoms. The number of H-pyrrole nitrogens is 1. The van der Waals surface area contributed by atoms with Gasteiger partial charge >= 0.3 is 5.69 Å². The molecule has 2 aromatic carbocycles. The van der Waals surface area contributed by atoms with Crippen LogP contribution in [0.3, 0.4) is 0 Å². The van der Waals surface area contributed by atoms with Crippen molar-refractivity contribution >= 4 is 23.3 Å². The van der Waals surface area contributed by atoms with Crippen molar-refractivity contribution in [3.8, 4) is 11.5 Å². The van der Waals surface area contributed by atoms with Crippen molar-refractivity contribution in [2.75, 3.05) is 10.6 Å². The van der Waals surface area contributed by atoms with Crippen LogP contribution in [0, 0.1) is 0 Å².